The van der Waals surface area contributed by atoms with E-state index in [1.54, 1.807) is 22.7 Å². The number of anilines is 2. The first kappa shape index (κ1) is 13.7. The molecule has 0 saturated carbocycles. The van der Waals surface area contributed by atoms with Crippen molar-refractivity contribution in [3.05, 3.63) is 52.0 Å². The van der Waals surface area contributed by atoms with Crippen molar-refractivity contribution in [1.29, 1.82) is 0 Å². The monoisotopic (exact) mass is 397 g/mol. The van der Waals surface area contributed by atoms with Gasteiger partial charge in [0.05, 0.1) is 23.6 Å². The van der Waals surface area contributed by atoms with Gasteiger partial charge in [0, 0.05) is 3.57 Å². The van der Waals surface area contributed by atoms with Crippen molar-refractivity contribution in [3.63, 3.8) is 0 Å². The molecule has 1 amide bonds. The maximum Gasteiger partial charge on any atom is 0.271 e. The van der Waals surface area contributed by atoms with Gasteiger partial charge in [-0.05, 0) is 40.8 Å². The minimum absolute atomic E-state index is 0.0125. The van der Waals surface area contributed by atoms with Gasteiger partial charge in [0.25, 0.3) is 5.91 Å². The topological polar surface area (TPSA) is 85.3 Å². The molecule has 0 atom stereocenters. The molecule has 0 radical (unpaired) electrons. The number of primary amides is 1. The molecule has 21 heavy (non-hydrogen) atoms. The van der Waals surface area contributed by atoms with Crippen LogP contribution >= 0.6 is 22.6 Å². The lowest BCUT2D eigenvalue weighted by atomic mass is 10.3. The molecule has 0 unspecified atom stereocenters. The van der Waals surface area contributed by atoms with Crippen LogP contribution in [-0.4, -0.2) is 20.3 Å². The molecule has 2 aromatic heterocycles. The third-order valence-corrected chi connectivity index (χ3v) is 3.55. The zero-order chi connectivity index (χ0) is 15.0. The molecule has 0 bridgehead atoms. The number of imidazole rings is 1. The Labute approximate surface area is 132 Å². The Morgan fingerprint density at radius 2 is 2.19 bits per heavy atom. The summed E-state index contributed by atoms with van der Waals surface area (Å²) in [6, 6.07) is 4.71. The average Bonchev–Trinajstić information content (AvgIpc) is 2.90. The van der Waals surface area contributed by atoms with Gasteiger partial charge < -0.3 is 11.1 Å². The standard InChI is InChI=1S/C13H9FIN5O/c14-9-3-7(15)1-2-10(9)19-13-11(12(16)21)18-5-8-4-17-6-20(8)13/h1-6,19H,(H2,16,21). The number of aromatic nitrogens is 3. The minimum atomic E-state index is -0.709. The first-order chi connectivity index (χ1) is 10.1. The number of rotatable bonds is 3. The fourth-order valence-electron chi connectivity index (χ4n) is 1.91. The smallest absolute Gasteiger partial charge is 0.271 e. The Kier molecular flexibility index (Phi) is 3.45. The number of amides is 1. The molecule has 0 aliphatic rings. The van der Waals surface area contributed by atoms with Gasteiger partial charge in [-0.3, -0.25) is 9.20 Å². The predicted octanol–water partition coefficient (Wildman–Crippen LogP) is 2.32. The molecule has 8 heteroatoms. The number of carbonyl (C=O) groups excluding carboxylic acids is 1. The van der Waals surface area contributed by atoms with Gasteiger partial charge in [-0.25, -0.2) is 14.4 Å². The van der Waals surface area contributed by atoms with Crippen LogP contribution in [0.2, 0.25) is 0 Å². The molecule has 0 aliphatic heterocycles. The highest BCUT2D eigenvalue weighted by Gasteiger charge is 2.15. The second-order valence-electron chi connectivity index (χ2n) is 4.26. The third kappa shape index (κ3) is 2.53. The maximum atomic E-state index is 14.0. The van der Waals surface area contributed by atoms with Crippen LogP contribution in [0, 0.1) is 9.39 Å². The van der Waals surface area contributed by atoms with Crippen LogP contribution in [-0.2, 0) is 0 Å². The number of hydrogen-bond donors (Lipinski definition) is 2. The number of hydrogen-bond acceptors (Lipinski definition) is 4. The first-order valence-corrected chi connectivity index (χ1v) is 6.97. The number of fused-ring (bicyclic) bond motifs is 1. The van der Waals surface area contributed by atoms with Gasteiger partial charge >= 0.3 is 0 Å². The second-order valence-corrected chi connectivity index (χ2v) is 5.50. The van der Waals surface area contributed by atoms with Crippen molar-refractivity contribution in [2.45, 2.75) is 0 Å². The van der Waals surface area contributed by atoms with Crippen molar-refractivity contribution >= 4 is 45.5 Å². The summed E-state index contributed by atoms with van der Waals surface area (Å²) in [6.45, 7) is 0. The summed E-state index contributed by atoms with van der Waals surface area (Å²) in [4.78, 5) is 19.5. The Morgan fingerprint density at radius 1 is 1.38 bits per heavy atom. The summed E-state index contributed by atoms with van der Waals surface area (Å²) in [6.07, 6.45) is 4.55. The number of carbonyl (C=O) groups is 1. The number of nitrogens with one attached hydrogen (secondary N) is 1. The zero-order valence-electron chi connectivity index (χ0n) is 10.5. The molecule has 0 saturated heterocycles. The van der Waals surface area contributed by atoms with E-state index in [9.17, 15) is 9.18 Å². The number of halogens is 2. The molecule has 0 aliphatic carbocycles. The van der Waals surface area contributed by atoms with Crippen molar-refractivity contribution < 1.29 is 9.18 Å². The van der Waals surface area contributed by atoms with Crippen LogP contribution in [0.3, 0.4) is 0 Å². The molecule has 1 aromatic carbocycles. The maximum absolute atomic E-state index is 14.0. The summed E-state index contributed by atoms with van der Waals surface area (Å²) in [7, 11) is 0. The van der Waals surface area contributed by atoms with Gasteiger partial charge in [0.1, 0.15) is 18.0 Å². The Bertz CT molecular complexity index is 848. The van der Waals surface area contributed by atoms with Crippen LogP contribution in [0.15, 0.2) is 36.9 Å². The molecule has 3 rings (SSSR count). The number of nitrogens with zero attached hydrogens (tertiary/aromatic N) is 3. The Morgan fingerprint density at radius 3 is 2.90 bits per heavy atom. The van der Waals surface area contributed by atoms with E-state index < -0.39 is 11.7 Å². The lowest BCUT2D eigenvalue weighted by Crippen LogP contribution is -2.17. The molecule has 106 valence electrons. The molecular weight excluding hydrogens is 388 g/mol. The van der Waals surface area contributed by atoms with Crippen molar-refractivity contribution in [1.82, 2.24) is 14.4 Å². The first-order valence-electron chi connectivity index (χ1n) is 5.89. The fraction of sp³-hybridized carbons (Fsp3) is 0. The minimum Gasteiger partial charge on any atom is -0.364 e. The van der Waals surface area contributed by atoms with E-state index in [-0.39, 0.29) is 17.2 Å². The molecule has 6 nitrogen and oxygen atoms in total. The highest BCUT2D eigenvalue weighted by Crippen LogP contribution is 2.24. The summed E-state index contributed by atoms with van der Waals surface area (Å²) < 4.78 is 16.3. The van der Waals surface area contributed by atoms with Crippen molar-refractivity contribution in [2.24, 2.45) is 5.73 Å². The predicted molar refractivity (Wildman–Crippen MR) is 83.9 cm³/mol. The zero-order valence-corrected chi connectivity index (χ0v) is 12.7. The highest BCUT2D eigenvalue weighted by molar-refractivity contribution is 14.1. The fourth-order valence-corrected chi connectivity index (χ4v) is 2.36. The van der Waals surface area contributed by atoms with Crippen LogP contribution < -0.4 is 11.1 Å². The normalized spacial score (nSPS) is 10.8. The lowest BCUT2D eigenvalue weighted by molar-refractivity contribution is 0.0996. The molecule has 0 fully saturated rings. The second kappa shape index (κ2) is 5.28. The molecule has 0 spiro atoms. The van der Waals surface area contributed by atoms with Gasteiger partial charge in [-0.2, -0.15) is 0 Å². The average molecular weight is 397 g/mol. The van der Waals surface area contributed by atoms with Crippen LogP contribution in [0.1, 0.15) is 10.5 Å². The van der Waals surface area contributed by atoms with E-state index in [1.807, 2.05) is 22.6 Å². The Hall–Kier alpha value is -2.23. The van der Waals surface area contributed by atoms with Gasteiger partial charge in [-0.15, -0.1) is 0 Å². The SMILES string of the molecule is NC(=O)c1ncc2cncn2c1Nc1ccc(I)cc1F. The van der Waals surface area contributed by atoms with E-state index in [1.165, 1.54) is 18.6 Å². The van der Waals surface area contributed by atoms with Crippen molar-refractivity contribution in [3.8, 4) is 0 Å². The molecule has 3 N–H and O–H groups in total. The molecular formula is C13H9FIN5O. The largest absolute Gasteiger partial charge is 0.364 e. The van der Waals surface area contributed by atoms with Crippen LogP contribution in [0.4, 0.5) is 15.9 Å². The summed E-state index contributed by atoms with van der Waals surface area (Å²) in [5.74, 6) is -0.869. The number of nitrogens with two attached hydrogens (primary N) is 1. The van der Waals surface area contributed by atoms with E-state index in [0.717, 1.165) is 3.57 Å². The van der Waals surface area contributed by atoms with E-state index in [4.69, 9.17) is 5.73 Å². The van der Waals surface area contributed by atoms with Crippen molar-refractivity contribution in [2.75, 3.05) is 5.32 Å². The summed E-state index contributed by atoms with van der Waals surface area (Å²) in [5.41, 5.74) is 6.22. The molecule has 3 aromatic rings. The molecule has 2 heterocycles. The summed E-state index contributed by atoms with van der Waals surface area (Å²) >= 11 is 2.01. The van der Waals surface area contributed by atoms with Gasteiger partial charge in [-0.1, -0.05) is 0 Å². The van der Waals surface area contributed by atoms with Gasteiger partial charge in [0.15, 0.2) is 5.69 Å². The van der Waals surface area contributed by atoms with E-state index >= 15 is 0 Å². The van der Waals surface area contributed by atoms with E-state index in [2.05, 4.69) is 15.3 Å². The quantitative estimate of drug-likeness (QED) is 0.665. The van der Waals surface area contributed by atoms with Crippen LogP contribution in [0.25, 0.3) is 5.52 Å². The highest BCUT2D eigenvalue weighted by atomic mass is 127. The third-order valence-electron chi connectivity index (χ3n) is 2.88. The lowest BCUT2D eigenvalue weighted by Gasteiger charge is -2.12. The van der Waals surface area contributed by atoms with Gasteiger partial charge in [0.2, 0.25) is 0 Å². The number of benzene rings is 1. The Balaban J connectivity index is 2.16. The van der Waals surface area contributed by atoms with E-state index in [0.29, 0.717) is 5.52 Å². The van der Waals surface area contributed by atoms with Crippen LogP contribution in [0.5, 0.6) is 0 Å². The summed E-state index contributed by atoms with van der Waals surface area (Å²) in [5, 5.41) is 2.86.